The van der Waals surface area contributed by atoms with E-state index in [9.17, 15) is 14.9 Å². The fraction of sp³-hybridized carbons (Fsp3) is 0.533. The number of aromatic carboxylic acids is 1. The van der Waals surface area contributed by atoms with E-state index >= 15 is 0 Å². The summed E-state index contributed by atoms with van der Waals surface area (Å²) in [6, 6.07) is 4.21. The molecule has 2 saturated carbocycles. The predicted molar refractivity (Wildman–Crippen MR) is 77.5 cm³/mol. The predicted octanol–water partition coefficient (Wildman–Crippen LogP) is 3.14. The molecule has 3 rings (SSSR count). The minimum Gasteiger partial charge on any atom is -0.477 e. The highest BCUT2D eigenvalue weighted by molar-refractivity contribution is 5.93. The van der Waals surface area contributed by atoms with Crippen LogP contribution in [0.5, 0.6) is 0 Å². The lowest BCUT2D eigenvalue weighted by Gasteiger charge is -2.22. The summed E-state index contributed by atoms with van der Waals surface area (Å²) >= 11 is 0. The number of nitrogens with one attached hydrogen (secondary N) is 1. The number of nitro benzene ring substituents is 1. The molecule has 3 atom stereocenters. The molecule has 112 valence electrons. The second-order valence-corrected chi connectivity index (χ2v) is 6.11. The van der Waals surface area contributed by atoms with Crippen LogP contribution in [0.15, 0.2) is 18.2 Å². The van der Waals surface area contributed by atoms with E-state index in [1.54, 1.807) is 6.07 Å². The molecule has 2 bridgehead atoms. The van der Waals surface area contributed by atoms with E-state index in [-0.39, 0.29) is 11.3 Å². The lowest BCUT2D eigenvalue weighted by Crippen LogP contribution is -2.20. The number of rotatable bonds is 5. The molecule has 0 saturated heterocycles. The molecule has 2 aliphatic rings. The van der Waals surface area contributed by atoms with Gasteiger partial charge in [-0.3, -0.25) is 10.1 Å². The smallest absolute Gasteiger partial charge is 0.342 e. The second kappa shape index (κ2) is 5.35. The van der Waals surface area contributed by atoms with Crippen LogP contribution in [0.3, 0.4) is 0 Å². The van der Waals surface area contributed by atoms with E-state index in [0.717, 1.165) is 18.4 Å². The highest BCUT2D eigenvalue weighted by atomic mass is 16.6. The maximum absolute atomic E-state index is 11.0. The molecule has 2 N–H and O–H groups in total. The molecular weight excluding hydrogens is 272 g/mol. The number of fused-ring (bicyclic) bond motifs is 2. The van der Waals surface area contributed by atoms with E-state index < -0.39 is 10.9 Å². The van der Waals surface area contributed by atoms with Gasteiger partial charge in [-0.1, -0.05) is 6.42 Å². The maximum Gasteiger partial charge on any atom is 0.342 e. The highest BCUT2D eigenvalue weighted by Crippen LogP contribution is 2.48. The molecule has 0 aromatic heterocycles. The van der Waals surface area contributed by atoms with Gasteiger partial charge in [-0.2, -0.15) is 0 Å². The molecule has 2 fully saturated rings. The second-order valence-electron chi connectivity index (χ2n) is 6.11. The van der Waals surface area contributed by atoms with Crippen LogP contribution in [0.4, 0.5) is 11.4 Å². The van der Waals surface area contributed by atoms with E-state index in [4.69, 9.17) is 5.11 Å². The monoisotopic (exact) mass is 290 g/mol. The summed E-state index contributed by atoms with van der Waals surface area (Å²) in [5.74, 6) is 1.02. The van der Waals surface area contributed by atoms with Crippen molar-refractivity contribution in [3.05, 3.63) is 33.9 Å². The Balaban J connectivity index is 1.69. The topological polar surface area (TPSA) is 92.5 Å². The molecular formula is C15H18N2O4. The molecule has 0 aliphatic heterocycles. The summed E-state index contributed by atoms with van der Waals surface area (Å²) in [4.78, 5) is 21.3. The van der Waals surface area contributed by atoms with Crippen LogP contribution < -0.4 is 5.32 Å². The number of nitrogens with zero attached hydrogens (tertiary/aromatic N) is 1. The minimum absolute atomic E-state index is 0.273. The summed E-state index contributed by atoms with van der Waals surface area (Å²) in [7, 11) is 0. The standard InChI is InChI=1S/C15H18N2O4/c18-15(19)13-4-3-12(7-14(13)17(20)21)16-8-11-6-9-1-2-10(11)5-9/h3-4,7,9-11,16H,1-2,5-6,8H2,(H,18,19). The Morgan fingerprint density at radius 1 is 1.38 bits per heavy atom. The fourth-order valence-electron chi connectivity index (χ4n) is 3.85. The molecule has 0 spiro atoms. The summed E-state index contributed by atoms with van der Waals surface area (Å²) in [5, 5.41) is 23.1. The van der Waals surface area contributed by atoms with E-state index in [0.29, 0.717) is 11.6 Å². The van der Waals surface area contributed by atoms with Crippen LogP contribution in [-0.2, 0) is 0 Å². The molecule has 0 amide bonds. The van der Waals surface area contributed by atoms with Gasteiger partial charge in [0.2, 0.25) is 0 Å². The fourth-order valence-corrected chi connectivity index (χ4v) is 3.85. The Morgan fingerprint density at radius 3 is 2.76 bits per heavy atom. The largest absolute Gasteiger partial charge is 0.477 e. The third-order valence-corrected chi connectivity index (χ3v) is 4.88. The lowest BCUT2D eigenvalue weighted by atomic mass is 9.89. The summed E-state index contributed by atoms with van der Waals surface area (Å²) < 4.78 is 0. The zero-order valence-corrected chi connectivity index (χ0v) is 11.6. The number of anilines is 1. The first-order valence-electron chi connectivity index (χ1n) is 7.30. The van der Waals surface area contributed by atoms with Crippen molar-refractivity contribution in [3.63, 3.8) is 0 Å². The number of carboxylic acid groups (broad SMARTS) is 1. The van der Waals surface area contributed by atoms with Crippen molar-refractivity contribution in [1.82, 2.24) is 0 Å². The average molecular weight is 290 g/mol. The van der Waals surface area contributed by atoms with E-state index in [2.05, 4.69) is 5.32 Å². The maximum atomic E-state index is 11.0. The van der Waals surface area contributed by atoms with Crippen molar-refractivity contribution in [1.29, 1.82) is 0 Å². The quantitative estimate of drug-likeness (QED) is 0.642. The van der Waals surface area contributed by atoms with E-state index in [1.165, 1.54) is 37.8 Å². The van der Waals surface area contributed by atoms with Crippen molar-refractivity contribution in [3.8, 4) is 0 Å². The first kappa shape index (κ1) is 13.9. The number of carboxylic acids is 1. The minimum atomic E-state index is -1.28. The van der Waals surface area contributed by atoms with Gasteiger partial charge in [0, 0.05) is 18.3 Å². The van der Waals surface area contributed by atoms with Crippen molar-refractivity contribution in [2.75, 3.05) is 11.9 Å². The third kappa shape index (κ3) is 2.70. The SMILES string of the molecule is O=C(O)c1ccc(NCC2CC3CCC2C3)cc1[N+](=O)[O-]. The van der Waals surface area contributed by atoms with Crippen LogP contribution in [-0.4, -0.2) is 22.5 Å². The van der Waals surface area contributed by atoms with Gasteiger partial charge < -0.3 is 10.4 Å². The zero-order valence-electron chi connectivity index (χ0n) is 11.6. The van der Waals surface area contributed by atoms with Crippen molar-refractivity contribution in [2.45, 2.75) is 25.7 Å². The number of carbonyl (C=O) groups is 1. The molecule has 3 unspecified atom stereocenters. The van der Waals surface area contributed by atoms with Crippen molar-refractivity contribution in [2.24, 2.45) is 17.8 Å². The van der Waals surface area contributed by atoms with Gasteiger partial charge in [-0.05, 0) is 49.1 Å². The summed E-state index contributed by atoms with van der Waals surface area (Å²) in [5.41, 5.74) is -0.0135. The van der Waals surface area contributed by atoms with Crippen LogP contribution in [0, 0.1) is 27.9 Å². The molecule has 6 heteroatoms. The number of nitro groups is 1. The van der Waals surface area contributed by atoms with Gasteiger partial charge in [0.25, 0.3) is 5.69 Å². The van der Waals surface area contributed by atoms with Crippen LogP contribution in [0.1, 0.15) is 36.0 Å². The van der Waals surface area contributed by atoms with Gasteiger partial charge in [0.05, 0.1) is 4.92 Å². The normalized spacial score (nSPS) is 26.8. The van der Waals surface area contributed by atoms with Gasteiger partial charge in [0.15, 0.2) is 0 Å². The first-order valence-corrected chi connectivity index (χ1v) is 7.30. The number of hydrogen-bond acceptors (Lipinski definition) is 4. The summed E-state index contributed by atoms with van der Waals surface area (Å²) in [6.45, 7) is 0.810. The number of benzene rings is 1. The Bertz CT molecular complexity index is 587. The molecule has 0 radical (unpaired) electrons. The zero-order chi connectivity index (χ0) is 15.0. The van der Waals surface area contributed by atoms with Gasteiger partial charge in [-0.15, -0.1) is 0 Å². The average Bonchev–Trinajstić information content (AvgIpc) is 3.07. The Kier molecular flexibility index (Phi) is 3.53. The third-order valence-electron chi connectivity index (χ3n) is 4.88. The van der Waals surface area contributed by atoms with Crippen LogP contribution in [0.2, 0.25) is 0 Å². The molecule has 0 heterocycles. The molecule has 1 aromatic carbocycles. The Hall–Kier alpha value is -2.11. The van der Waals surface area contributed by atoms with Gasteiger partial charge >= 0.3 is 5.97 Å². The lowest BCUT2D eigenvalue weighted by molar-refractivity contribution is -0.385. The molecule has 1 aromatic rings. The Labute approximate surface area is 122 Å². The molecule has 6 nitrogen and oxygen atoms in total. The number of hydrogen-bond donors (Lipinski definition) is 2. The highest BCUT2D eigenvalue weighted by Gasteiger charge is 2.39. The van der Waals surface area contributed by atoms with Gasteiger partial charge in [-0.25, -0.2) is 4.79 Å². The molecule has 21 heavy (non-hydrogen) atoms. The summed E-state index contributed by atoms with van der Waals surface area (Å²) in [6.07, 6.45) is 5.21. The Morgan fingerprint density at radius 2 is 2.19 bits per heavy atom. The van der Waals surface area contributed by atoms with Gasteiger partial charge in [0.1, 0.15) is 5.56 Å². The molecule has 2 aliphatic carbocycles. The first-order chi connectivity index (χ1) is 10.0. The van der Waals surface area contributed by atoms with E-state index in [1.807, 2.05) is 0 Å². The van der Waals surface area contributed by atoms with Crippen LogP contribution in [0.25, 0.3) is 0 Å². The van der Waals surface area contributed by atoms with Crippen LogP contribution >= 0.6 is 0 Å². The van der Waals surface area contributed by atoms with Crippen molar-refractivity contribution < 1.29 is 14.8 Å². The van der Waals surface area contributed by atoms with Crippen molar-refractivity contribution >= 4 is 17.3 Å².